The highest BCUT2D eigenvalue weighted by Crippen LogP contribution is 2.24. The normalized spacial score (nSPS) is 17.4. The molecule has 3 fully saturated rings. The molecule has 0 spiro atoms. The SMILES string of the molecule is CCOC(=O)CCN1CCN(CC2CN(c3ccc(C(=N)NC(=O)c4ccco4)cc3)C(=O)O2)CC1=O.CS(=O)(=O)OCC1CN(c2ccc(C(=N)NC(=O)c3ccco3)cc2)C(=O)O1. The van der Waals surface area contributed by atoms with Gasteiger partial charge in [0.15, 0.2) is 11.5 Å². The molecular formula is C42H46N8O14S. The number of cyclic esters (lactones) is 2. The van der Waals surface area contributed by atoms with Gasteiger partial charge in [-0.3, -0.25) is 48.9 Å². The zero-order valence-corrected chi connectivity index (χ0v) is 36.0. The minimum absolute atomic E-state index is 0.0751. The van der Waals surface area contributed by atoms with E-state index < -0.39 is 46.3 Å². The van der Waals surface area contributed by atoms with Crippen LogP contribution in [0.1, 0.15) is 45.6 Å². The molecule has 344 valence electrons. The number of rotatable bonds is 15. The highest BCUT2D eigenvalue weighted by Gasteiger charge is 2.36. The molecule has 3 aliphatic heterocycles. The number of hydrogen-bond donors (Lipinski definition) is 4. The maximum Gasteiger partial charge on any atom is 0.414 e. The molecule has 0 bridgehead atoms. The molecule has 65 heavy (non-hydrogen) atoms. The van der Waals surface area contributed by atoms with Crippen LogP contribution in [0.2, 0.25) is 0 Å². The first-order valence-corrected chi connectivity index (χ1v) is 21.9. The number of benzene rings is 2. The smallest absolute Gasteiger partial charge is 0.414 e. The summed E-state index contributed by atoms with van der Waals surface area (Å²) in [5, 5.41) is 21.0. The van der Waals surface area contributed by atoms with Crippen LogP contribution in [0.25, 0.3) is 0 Å². The maximum atomic E-state index is 12.5. The molecule has 2 atom stereocenters. The summed E-state index contributed by atoms with van der Waals surface area (Å²) in [6.07, 6.45) is 1.58. The number of carbonyl (C=O) groups excluding carboxylic acids is 6. The summed E-state index contributed by atoms with van der Waals surface area (Å²) >= 11 is 0. The highest BCUT2D eigenvalue weighted by atomic mass is 32.2. The highest BCUT2D eigenvalue weighted by molar-refractivity contribution is 7.86. The van der Waals surface area contributed by atoms with E-state index in [1.807, 2.05) is 4.90 Å². The van der Waals surface area contributed by atoms with Crippen LogP contribution in [0.15, 0.2) is 94.2 Å². The Hall–Kier alpha value is -7.37. The van der Waals surface area contributed by atoms with Crippen molar-refractivity contribution in [3.63, 3.8) is 0 Å². The average Bonchev–Trinajstić information content (AvgIpc) is 4.12. The second-order valence-corrected chi connectivity index (χ2v) is 16.2. The van der Waals surface area contributed by atoms with E-state index in [1.165, 1.54) is 34.5 Å². The number of anilines is 2. The number of ether oxygens (including phenoxy) is 3. The summed E-state index contributed by atoms with van der Waals surface area (Å²) in [7, 11) is -3.63. The van der Waals surface area contributed by atoms with Crippen molar-refractivity contribution in [1.29, 1.82) is 10.8 Å². The Labute approximate surface area is 372 Å². The quantitative estimate of drug-likeness (QED) is 0.0439. The number of piperazine rings is 1. The van der Waals surface area contributed by atoms with E-state index in [2.05, 4.69) is 14.8 Å². The average molecular weight is 919 g/mol. The minimum atomic E-state index is -3.63. The summed E-state index contributed by atoms with van der Waals surface area (Å²) in [6.45, 7) is 4.29. The van der Waals surface area contributed by atoms with Gasteiger partial charge < -0.3 is 38.6 Å². The molecule has 3 saturated heterocycles. The Kier molecular flexibility index (Phi) is 15.5. The van der Waals surface area contributed by atoms with Gasteiger partial charge in [0.05, 0.1) is 51.4 Å². The van der Waals surface area contributed by atoms with Crippen molar-refractivity contribution in [2.75, 3.05) is 75.1 Å². The molecule has 23 heteroatoms. The number of nitrogens with one attached hydrogen (secondary N) is 4. The van der Waals surface area contributed by atoms with E-state index in [4.69, 9.17) is 33.9 Å². The van der Waals surface area contributed by atoms with Gasteiger partial charge in [-0.1, -0.05) is 0 Å². The van der Waals surface area contributed by atoms with E-state index in [-0.39, 0.29) is 61.2 Å². The zero-order valence-electron chi connectivity index (χ0n) is 35.2. The molecule has 0 aliphatic carbocycles. The summed E-state index contributed by atoms with van der Waals surface area (Å²) in [4.78, 5) is 78.9. The predicted molar refractivity (Wildman–Crippen MR) is 229 cm³/mol. The molecule has 2 unspecified atom stereocenters. The molecule has 5 amide bonds. The van der Waals surface area contributed by atoms with E-state index >= 15 is 0 Å². The van der Waals surface area contributed by atoms with Crippen LogP contribution in [0.5, 0.6) is 0 Å². The lowest BCUT2D eigenvalue weighted by molar-refractivity contribution is -0.144. The van der Waals surface area contributed by atoms with E-state index in [0.717, 1.165) is 6.26 Å². The van der Waals surface area contributed by atoms with Crippen molar-refractivity contribution in [3.8, 4) is 0 Å². The number of carbonyl (C=O) groups is 6. The molecule has 22 nitrogen and oxygen atoms in total. The van der Waals surface area contributed by atoms with Crippen molar-refractivity contribution in [2.24, 2.45) is 0 Å². The van der Waals surface area contributed by atoms with Crippen molar-refractivity contribution < 1.29 is 64.4 Å². The van der Waals surface area contributed by atoms with Gasteiger partial charge in [-0.2, -0.15) is 8.42 Å². The monoisotopic (exact) mass is 918 g/mol. The van der Waals surface area contributed by atoms with Crippen molar-refractivity contribution in [2.45, 2.75) is 25.6 Å². The molecule has 5 heterocycles. The first-order valence-electron chi connectivity index (χ1n) is 20.1. The Morgan fingerprint density at radius 1 is 0.754 bits per heavy atom. The number of esters is 1. The summed E-state index contributed by atoms with van der Waals surface area (Å²) in [5.74, 6) is -1.50. The lowest BCUT2D eigenvalue weighted by Gasteiger charge is -2.34. The second-order valence-electron chi connectivity index (χ2n) is 14.6. The first kappa shape index (κ1) is 47.1. The number of amidine groups is 2. The Morgan fingerprint density at radius 2 is 1.26 bits per heavy atom. The predicted octanol–water partition coefficient (Wildman–Crippen LogP) is 2.79. The summed E-state index contributed by atoms with van der Waals surface area (Å²) in [6, 6.07) is 19.1. The Morgan fingerprint density at radius 3 is 1.72 bits per heavy atom. The maximum absolute atomic E-state index is 12.5. The van der Waals surface area contributed by atoms with E-state index in [1.54, 1.807) is 72.5 Å². The lowest BCUT2D eigenvalue weighted by Crippen LogP contribution is -2.52. The number of nitrogens with zero attached hydrogens (tertiary/aromatic N) is 4. The molecule has 0 radical (unpaired) electrons. The molecule has 2 aromatic heterocycles. The number of amides is 5. The molecule has 4 aromatic rings. The molecule has 4 N–H and O–H groups in total. The summed E-state index contributed by atoms with van der Waals surface area (Å²) in [5.41, 5.74) is 1.99. The van der Waals surface area contributed by atoms with Gasteiger partial charge in [-0.15, -0.1) is 0 Å². The Bertz CT molecular complexity index is 2480. The molecule has 3 aliphatic rings. The van der Waals surface area contributed by atoms with Gasteiger partial charge in [-0.05, 0) is 79.7 Å². The fraction of sp³-hybridized carbons (Fsp3) is 0.333. The first-order chi connectivity index (χ1) is 31.1. The standard InChI is InChI=1S/C25H29N5O7.C17H17N3O7S/c1-2-35-22(32)9-10-29-12-11-28(16-21(29)31)14-19-15-30(25(34)37-19)18-7-5-17(6-8-18)23(26)27-24(33)20-4-3-13-36-20;1-28(23,24)26-10-13-9-20(17(22)27-13)12-6-4-11(5-7-12)15(18)19-16(21)14-3-2-8-25-14/h3-8,13,19H,2,9-12,14-16H2,1H3,(H2,26,27,33);2-8,13H,9-10H2,1H3,(H2,18,19,21). The number of hydrogen-bond acceptors (Lipinski definition) is 17. The van der Waals surface area contributed by atoms with Gasteiger partial charge in [0.1, 0.15) is 30.5 Å². The van der Waals surface area contributed by atoms with Gasteiger partial charge in [0.25, 0.3) is 21.9 Å². The largest absolute Gasteiger partial charge is 0.466 e. The fourth-order valence-corrected chi connectivity index (χ4v) is 7.07. The molecule has 0 saturated carbocycles. The zero-order chi connectivity index (χ0) is 46.7. The van der Waals surface area contributed by atoms with E-state index in [0.29, 0.717) is 61.8 Å². The van der Waals surface area contributed by atoms with Crippen molar-refractivity contribution in [1.82, 2.24) is 20.4 Å². The fourth-order valence-electron chi connectivity index (χ4n) is 6.67. The second kappa shape index (κ2) is 21.3. The third-order valence-corrected chi connectivity index (χ3v) is 10.4. The van der Waals surface area contributed by atoms with Crippen molar-refractivity contribution in [3.05, 3.63) is 108 Å². The van der Waals surface area contributed by atoms with Crippen LogP contribution < -0.4 is 20.4 Å². The van der Waals surface area contributed by atoms with Crippen LogP contribution in [0.3, 0.4) is 0 Å². The Balaban J connectivity index is 0.000000224. The number of furan rings is 2. The topological polar surface area (TPSA) is 284 Å². The van der Waals surface area contributed by atoms with Gasteiger partial charge >= 0.3 is 18.2 Å². The third kappa shape index (κ3) is 13.1. The van der Waals surface area contributed by atoms with Gasteiger partial charge in [-0.25, -0.2) is 9.59 Å². The van der Waals surface area contributed by atoms with Crippen LogP contribution in [-0.4, -0.2) is 143 Å². The summed E-state index contributed by atoms with van der Waals surface area (Å²) < 4.78 is 52.2. The van der Waals surface area contributed by atoms with Crippen LogP contribution in [0, 0.1) is 10.8 Å². The van der Waals surface area contributed by atoms with Crippen LogP contribution in [0.4, 0.5) is 21.0 Å². The van der Waals surface area contributed by atoms with Crippen molar-refractivity contribution >= 4 is 69.0 Å². The van der Waals surface area contributed by atoms with E-state index in [9.17, 15) is 37.2 Å². The van der Waals surface area contributed by atoms with Gasteiger partial charge in [0.2, 0.25) is 5.91 Å². The van der Waals surface area contributed by atoms with Crippen LogP contribution >= 0.6 is 0 Å². The van der Waals surface area contributed by atoms with Gasteiger partial charge in [0, 0.05) is 48.7 Å². The molecule has 7 rings (SSSR count). The lowest BCUT2D eigenvalue weighted by atomic mass is 10.1. The van der Waals surface area contributed by atoms with Crippen LogP contribution in [-0.2, 0) is 38.1 Å². The molecular weight excluding hydrogens is 873 g/mol. The minimum Gasteiger partial charge on any atom is -0.466 e. The molecule has 2 aromatic carbocycles. The third-order valence-electron chi connectivity index (χ3n) is 9.87.